The summed E-state index contributed by atoms with van der Waals surface area (Å²) in [5.74, 6) is -0.264. The lowest BCUT2D eigenvalue weighted by Crippen LogP contribution is -2.44. The van der Waals surface area contributed by atoms with Gasteiger partial charge >= 0.3 is 0 Å². The Morgan fingerprint density at radius 3 is 2.56 bits per heavy atom. The third kappa shape index (κ3) is 4.63. The first-order valence-corrected chi connectivity index (χ1v) is 9.45. The Hall–Kier alpha value is -2.28. The molecule has 6 nitrogen and oxygen atoms in total. The lowest BCUT2D eigenvalue weighted by Gasteiger charge is -2.22. The number of amides is 2. The molecule has 0 spiro atoms. The average molecular weight is 358 g/mol. The van der Waals surface area contributed by atoms with Gasteiger partial charge in [-0.1, -0.05) is 60.9 Å². The lowest BCUT2D eigenvalue weighted by atomic mass is 9.88. The molecule has 2 N–H and O–H groups in total. The second-order valence-electron chi connectivity index (χ2n) is 6.33. The lowest BCUT2D eigenvalue weighted by molar-refractivity contribution is -0.129. The van der Waals surface area contributed by atoms with Crippen LogP contribution in [0.1, 0.15) is 39.0 Å². The van der Waals surface area contributed by atoms with Crippen LogP contribution in [-0.2, 0) is 9.59 Å². The second-order valence-corrected chi connectivity index (χ2v) is 7.31. The maximum Gasteiger partial charge on any atom is 0.248 e. The van der Waals surface area contributed by atoms with Gasteiger partial charge in [0.2, 0.25) is 16.9 Å². The van der Waals surface area contributed by atoms with Gasteiger partial charge in [0.05, 0.1) is 0 Å². The van der Waals surface area contributed by atoms with E-state index < -0.39 is 6.04 Å². The summed E-state index contributed by atoms with van der Waals surface area (Å²) >= 11 is 1.31. The van der Waals surface area contributed by atoms with Crippen molar-refractivity contribution in [2.45, 2.75) is 45.1 Å². The number of carbonyl (C=O) groups is 2. The van der Waals surface area contributed by atoms with Crippen molar-refractivity contribution in [1.29, 1.82) is 0 Å². The average Bonchev–Trinajstić information content (AvgIpc) is 3.11. The van der Waals surface area contributed by atoms with E-state index >= 15 is 0 Å². The van der Waals surface area contributed by atoms with Crippen LogP contribution in [0, 0.1) is 5.92 Å². The molecular weight excluding hydrogens is 336 g/mol. The van der Waals surface area contributed by atoms with Gasteiger partial charge in [-0.15, -0.1) is 10.2 Å². The van der Waals surface area contributed by atoms with Crippen LogP contribution < -0.4 is 10.6 Å². The molecule has 0 saturated heterocycles. The smallest absolute Gasteiger partial charge is 0.248 e. The number of carbonyl (C=O) groups excluding carboxylic acids is 2. The van der Waals surface area contributed by atoms with Crippen molar-refractivity contribution in [2.24, 2.45) is 5.92 Å². The van der Waals surface area contributed by atoms with Gasteiger partial charge in [0.1, 0.15) is 11.0 Å². The van der Waals surface area contributed by atoms with Gasteiger partial charge < -0.3 is 5.32 Å². The number of aromatic nitrogens is 2. The largest absolute Gasteiger partial charge is 0.344 e. The molecule has 1 aromatic heterocycles. The fourth-order valence-electron chi connectivity index (χ4n) is 2.95. The van der Waals surface area contributed by atoms with Crippen LogP contribution in [0.4, 0.5) is 5.13 Å². The molecule has 1 aliphatic rings. The quantitative estimate of drug-likeness (QED) is 0.859. The molecule has 0 bridgehead atoms. The first-order valence-electron chi connectivity index (χ1n) is 8.63. The molecule has 25 heavy (non-hydrogen) atoms. The Labute approximate surface area is 151 Å². The third-order valence-corrected chi connectivity index (χ3v) is 5.29. The molecule has 7 heteroatoms. The Morgan fingerprint density at radius 2 is 1.84 bits per heavy atom. The standard InChI is InChI=1S/C18H22N4O2S/c1-12(19-16(24)13-8-4-2-5-9-13)15(23)20-18-22-21-17(25-18)14-10-6-3-7-11-14/h3,6-7,10-13H,2,4-5,8-9H2,1H3,(H,19,24)(H,20,22,23). The molecule has 1 heterocycles. The zero-order valence-electron chi connectivity index (χ0n) is 14.2. The molecule has 132 valence electrons. The first kappa shape index (κ1) is 17.5. The van der Waals surface area contributed by atoms with Crippen LogP contribution >= 0.6 is 11.3 Å². The Morgan fingerprint density at radius 1 is 1.12 bits per heavy atom. The van der Waals surface area contributed by atoms with Crippen molar-refractivity contribution in [3.05, 3.63) is 30.3 Å². The van der Waals surface area contributed by atoms with Crippen molar-refractivity contribution >= 4 is 28.3 Å². The molecule has 2 aromatic rings. The summed E-state index contributed by atoms with van der Waals surface area (Å²) in [5, 5.41) is 14.8. The van der Waals surface area contributed by atoms with E-state index in [4.69, 9.17) is 0 Å². The van der Waals surface area contributed by atoms with E-state index in [1.165, 1.54) is 17.8 Å². The van der Waals surface area contributed by atoms with Crippen LogP contribution in [-0.4, -0.2) is 28.1 Å². The van der Waals surface area contributed by atoms with E-state index in [0.29, 0.717) is 5.13 Å². The molecule has 1 atom stereocenters. The number of anilines is 1. The van der Waals surface area contributed by atoms with Crippen LogP contribution in [0.5, 0.6) is 0 Å². The predicted octanol–water partition coefficient (Wildman–Crippen LogP) is 3.23. The van der Waals surface area contributed by atoms with Gasteiger partial charge in [0.25, 0.3) is 0 Å². The minimum Gasteiger partial charge on any atom is -0.344 e. The molecular formula is C18H22N4O2S. The SMILES string of the molecule is CC(NC(=O)C1CCCCC1)C(=O)Nc1nnc(-c2ccccc2)s1. The third-order valence-electron chi connectivity index (χ3n) is 4.40. The summed E-state index contributed by atoms with van der Waals surface area (Å²) < 4.78 is 0. The van der Waals surface area contributed by atoms with E-state index in [0.717, 1.165) is 36.3 Å². The monoisotopic (exact) mass is 358 g/mol. The number of benzene rings is 1. The Kier molecular flexibility index (Phi) is 5.75. The number of hydrogen-bond donors (Lipinski definition) is 2. The molecule has 1 fully saturated rings. The number of nitrogens with one attached hydrogen (secondary N) is 2. The first-order chi connectivity index (χ1) is 12.1. The predicted molar refractivity (Wildman–Crippen MR) is 98.2 cm³/mol. The van der Waals surface area contributed by atoms with E-state index in [2.05, 4.69) is 20.8 Å². The molecule has 1 aromatic carbocycles. The van der Waals surface area contributed by atoms with E-state index in [-0.39, 0.29) is 17.7 Å². The van der Waals surface area contributed by atoms with Gasteiger partial charge in [-0.25, -0.2) is 0 Å². The summed E-state index contributed by atoms with van der Waals surface area (Å²) in [6.45, 7) is 1.69. The van der Waals surface area contributed by atoms with E-state index in [1.807, 2.05) is 30.3 Å². The summed E-state index contributed by atoms with van der Waals surface area (Å²) in [6.07, 6.45) is 5.20. The fraction of sp³-hybridized carbons (Fsp3) is 0.444. The maximum absolute atomic E-state index is 12.3. The minimum absolute atomic E-state index is 0.0235. The molecule has 0 aliphatic heterocycles. The highest BCUT2D eigenvalue weighted by molar-refractivity contribution is 7.18. The van der Waals surface area contributed by atoms with Crippen molar-refractivity contribution in [3.63, 3.8) is 0 Å². The molecule has 1 saturated carbocycles. The van der Waals surface area contributed by atoms with Crippen molar-refractivity contribution in [1.82, 2.24) is 15.5 Å². The highest BCUT2D eigenvalue weighted by Crippen LogP contribution is 2.26. The van der Waals surface area contributed by atoms with Crippen LogP contribution in [0.3, 0.4) is 0 Å². The van der Waals surface area contributed by atoms with Crippen molar-refractivity contribution < 1.29 is 9.59 Å². The summed E-state index contributed by atoms with van der Waals surface area (Å²) in [7, 11) is 0. The molecule has 3 rings (SSSR count). The van der Waals surface area contributed by atoms with E-state index in [9.17, 15) is 9.59 Å². The molecule has 0 radical (unpaired) electrons. The minimum atomic E-state index is -0.599. The topological polar surface area (TPSA) is 84.0 Å². The van der Waals surface area contributed by atoms with Crippen molar-refractivity contribution in [3.8, 4) is 10.6 Å². The second kappa shape index (κ2) is 8.20. The number of nitrogens with zero attached hydrogens (tertiary/aromatic N) is 2. The van der Waals surface area contributed by atoms with Gasteiger partial charge in [-0.3, -0.25) is 14.9 Å². The van der Waals surface area contributed by atoms with Gasteiger partial charge in [0.15, 0.2) is 0 Å². The van der Waals surface area contributed by atoms with Gasteiger partial charge in [0, 0.05) is 11.5 Å². The maximum atomic E-state index is 12.3. The zero-order chi connectivity index (χ0) is 17.6. The van der Waals surface area contributed by atoms with Gasteiger partial charge in [-0.2, -0.15) is 0 Å². The summed E-state index contributed by atoms with van der Waals surface area (Å²) in [6, 6.07) is 9.08. The zero-order valence-corrected chi connectivity index (χ0v) is 15.0. The highest BCUT2D eigenvalue weighted by atomic mass is 32.1. The van der Waals surface area contributed by atoms with Gasteiger partial charge in [-0.05, 0) is 19.8 Å². The molecule has 1 unspecified atom stereocenters. The van der Waals surface area contributed by atoms with Crippen LogP contribution in [0.15, 0.2) is 30.3 Å². The van der Waals surface area contributed by atoms with Crippen LogP contribution in [0.2, 0.25) is 0 Å². The molecule has 1 aliphatic carbocycles. The fourth-order valence-corrected chi connectivity index (χ4v) is 3.70. The Balaban J connectivity index is 1.54. The van der Waals surface area contributed by atoms with E-state index in [1.54, 1.807) is 6.92 Å². The van der Waals surface area contributed by atoms with Crippen LogP contribution in [0.25, 0.3) is 10.6 Å². The normalized spacial score (nSPS) is 16.2. The highest BCUT2D eigenvalue weighted by Gasteiger charge is 2.24. The Bertz CT molecular complexity index is 726. The summed E-state index contributed by atoms with van der Waals surface area (Å²) in [4.78, 5) is 24.5. The molecule has 2 amide bonds. The van der Waals surface area contributed by atoms with Crippen molar-refractivity contribution in [2.75, 3.05) is 5.32 Å². The number of hydrogen-bond acceptors (Lipinski definition) is 5. The number of rotatable bonds is 5. The summed E-state index contributed by atoms with van der Waals surface area (Å²) in [5.41, 5.74) is 0.958.